The fourth-order valence-corrected chi connectivity index (χ4v) is 2.36. The number of aromatic nitrogens is 2. The molecule has 0 bridgehead atoms. The van der Waals surface area contributed by atoms with Gasteiger partial charge in [0.15, 0.2) is 0 Å². The van der Waals surface area contributed by atoms with Crippen LogP contribution in [0.5, 0.6) is 5.75 Å². The van der Waals surface area contributed by atoms with Crippen LogP contribution in [0.25, 0.3) is 22.4 Å². The number of ether oxygens (including phenoxy) is 1. The summed E-state index contributed by atoms with van der Waals surface area (Å²) in [5.41, 5.74) is 2.52. The summed E-state index contributed by atoms with van der Waals surface area (Å²) in [6.07, 6.45) is 3.30. The molecule has 5 nitrogen and oxygen atoms in total. The Morgan fingerprint density at radius 1 is 1.09 bits per heavy atom. The predicted molar refractivity (Wildman–Crippen MR) is 87.0 cm³/mol. The standard InChI is InChI=1S/C18H13N3O2/c1-23-14-4-2-12(3-5-14)15-10-17(13-6-8-20-9-7-13)21-18(22)16(15)11-19/h2-10H,1H3,(H,21,22). The number of benzene rings is 1. The first-order valence-electron chi connectivity index (χ1n) is 6.95. The highest BCUT2D eigenvalue weighted by molar-refractivity contribution is 5.75. The highest BCUT2D eigenvalue weighted by Crippen LogP contribution is 2.27. The highest BCUT2D eigenvalue weighted by atomic mass is 16.5. The van der Waals surface area contributed by atoms with Gasteiger partial charge in [0.2, 0.25) is 0 Å². The van der Waals surface area contributed by atoms with Gasteiger partial charge in [-0.1, -0.05) is 12.1 Å². The molecule has 3 aromatic rings. The van der Waals surface area contributed by atoms with Crippen molar-refractivity contribution in [2.45, 2.75) is 0 Å². The molecule has 0 aliphatic rings. The molecule has 23 heavy (non-hydrogen) atoms. The van der Waals surface area contributed by atoms with Crippen LogP contribution in [0.15, 0.2) is 59.7 Å². The van der Waals surface area contributed by atoms with Gasteiger partial charge in [0.25, 0.3) is 5.56 Å². The molecule has 1 N–H and O–H groups in total. The Morgan fingerprint density at radius 3 is 2.39 bits per heavy atom. The maximum atomic E-state index is 12.2. The van der Waals surface area contributed by atoms with Crippen molar-refractivity contribution in [3.63, 3.8) is 0 Å². The Balaban J connectivity index is 2.20. The van der Waals surface area contributed by atoms with Gasteiger partial charge in [0.1, 0.15) is 17.4 Å². The zero-order valence-electron chi connectivity index (χ0n) is 12.4. The van der Waals surface area contributed by atoms with E-state index in [4.69, 9.17) is 4.74 Å². The van der Waals surface area contributed by atoms with Gasteiger partial charge in [0.05, 0.1) is 7.11 Å². The molecule has 0 spiro atoms. The van der Waals surface area contributed by atoms with Crippen LogP contribution >= 0.6 is 0 Å². The molecule has 2 aromatic heterocycles. The summed E-state index contributed by atoms with van der Waals surface area (Å²) in [5, 5.41) is 9.32. The smallest absolute Gasteiger partial charge is 0.266 e. The second kappa shape index (κ2) is 6.16. The van der Waals surface area contributed by atoms with Gasteiger partial charge in [-0.3, -0.25) is 9.78 Å². The maximum absolute atomic E-state index is 12.2. The Bertz CT molecular complexity index is 923. The van der Waals surface area contributed by atoms with Crippen molar-refractivity contribution in [2.75, 3.05) is 7.11 Å². The molecule has 0 saturated carbocycles. The van der Waals surface area contributed by atoms with Crippen LogP contribution in [0, 0.1) is 11.3 Å². The Labute approximate surface area is 132 Å². The summed E-state index contributed by atoms with van der Waals surface area (Å²) in [6.45, 7) is 0. The molecule has 0 unspecified atom stereocenters. The largest absolute Gasteiger partial charge is 0.497 e. The molecule has 0 amide bonds. The van der Waals surface area contributed by atoms with E-state index in [-0.39, 0.29) is 5.56 Å². The van der Waals surface area contributed by atoms with Gasteiger partial charge in [-0.25, -0.2) is 0 Å². The third kappa shape index (κ3) is 2.83. The number of nitrogens with zero attached hydrogens (tertiary/aromatic N) is 2. The molecule has 0 aliphatic carbocycles. The van der Waals surface area contributed by atoms with E-state index >= 15 is 0 Å². The number of aromatic amines is 1. The molecule has 1 aromatic carbocycles. The third-order valence-corrected chi connectivity index (χ3v) is 3.54. The lowest BCUT2D eigenvalue weighted by molar-refractivity contribution is 0.415. The molecular formula is C18H13N3O2. The van der Waals surface area contributed by atoms with Gasteiger partial charge >= 0.3 is 0 Å². The SMILES string of the molecule is COc1ccc(-c2cc(-c3ccncc3)[nH]c(=O)c2C#N)cc1. The van der Waals surface area contributed by atoms with Crippen LogP contribution in [0.1, 0.15) is 5.56 Å². The average molecular weight is 303 g/mol. The number of nitrogens with one attached hydrogen (secondary N) is 1. The minimum atomic E-state index is -0.410. The van der Waals surface area contributed by atoms with Crippen molar-refractivity contribution in [1.82, 2.24) is 9.97 Å². The van der Waals surface area contributed by atoms with Gasteiger partial charge in [-0.05, 0) is 35.9 Å². The summed E-state index contributed by atoms with van der Waals surface area (Å²) in [4.78, 5) is 19.0. The lowest BCUT2D eigenvalue weighted by atomic mass is 9.99. The van der Waals surface area contributed by atoms with Gasteiger partial charge < -0.3 is 9.72 Å². The first-order valence-corrected chi connectivity index (χ1v) is 6.95. The van der Waals surface area contributed by atoms with Crippen LogP contribution in [0.3, 0.4) is 0 Å². The zero-order chi connectivity index (χ0) is 16.2. The average Bonchev–Trinajstić information content (AvgIpc) is 2.62. The van der Waals surface area contributed by atoms with Gasteiger partial charge in [0, 0.05) is 29.2 Å². The number of hydrogen-bond acceptors (Lipinski definition) is 4. The molecule has 0 aliphatic heterocycles. The first kappa shape index (κ1) is 14.5. The molecule has 5 heteroatoms. The van der Waals surface area contributed by atoms with Crippen LogP contribution in [0.2, 0.25) is 0 Å². The van der Waals surface area contributed by atoms with E-state index in [1.54, 1.807) is 49.8 Å². The lowest BCUT2D eigenvalue weighted by Gasteiger charge is -2.08. The van der Waals surface area contributed by atoms with Crippen LogP contribution < -0.4 is 10.3 Å². The highest BCUT2D eigenvalue weighted by Gasteiger charge is 2.12. The first-order chi connectivity index (χ1) is 11.2. The van der Waals surface area contributed by atoms with E-state index in [1.807, 2.05) is 18.2 Å². The molecule has 3 rings (SSSR count). The summed E-state index contributed by atoms with van der Waals surface area (Å²) in [7, 11) is 1.59. The van der Waals surface area contributed by atoms with E-state index < -0.39 is 5.56 Å². The predicted octanol–water partition coefficient (Wildman–Crippen LogP) is 2.98. The minimum absolute atomic E-state index is 0.0907. The van der Waals surface area contributed by atoms with Gasteiger partial charge in [-0.15, -0.1) is 0 Å². The van der Waals surface area contributed by atoms with E-state index in [0.29, 0.717) is 17.0 Å². The molecule has 0 radical (unpaired) electrons. The van der Waals surface area contributed by atoms with Crippen molar-refractivity contribution in [2.24, 2.45) is 0 Å². The Morgan fingerprint density at radius 2 is 1.78 bits per heavy atom. The molecule has 0 atom stereocenters. The Hall–Kier alpha value is -3.39. The number of methoxy groups -OCH3 is 1. The molecule has 112 valence electrons. The molecule has 2 heterocycles. The van der Waals surface area contributed by atoms with E-state index in [9.17, 15) is 10.1 Å². The minimum Gasteiger partial charge on any atom is -0.497 e. The van der Waals surface area contributed by atoms with Gasteiger partial charge in [-0.2, -0.15) is 5.26 Å². The van der Waals surface area contributed by atoms with Crippen molar-refractivity contribution in [3.05, 3.63) is 70.8 Å². The topological polar surface area (TPSA) is 78.8 Å². The van der Waals surface area contributed by atoms with E-state index in [1.165, 1.54) is 0 Å². The monoisotopic (exact) mass is 303 g/mol. The molecule has 0 saturated heterocycles. The Kier molecular flexibility index (Phi) is 3.89. The number of hydrogen-bond donors (Lipinski definition) is 1. The normalized spacial score (nSPS) is 10.1. The fraction of sp³-hybridized carbons (Fsp3) is 0.0556. The summed E-state index contributed by atoms with van der Waals surface area (Å²) < 4.78 is 5.14. The summed E-state index contributed by atoms with van der Waals surface area (Å²) in [5.74, 6) is 0.714. The van der Waals surface area contributed by atoms with Crippen LogP contribution in [-0.4, -0.2) is 17.1 Å². The quantitative estimate of drug-likeness (QED) is 0.806. The second-order valence-corrected chi connectivity index (χ2v) is 4.88. The zero-order valence-corrected chi connectivity index (χ0v) is 12.4. The van der Waals surface area contributed by atoms with E-state index in [0.717, 1.165) is 11.1 Å². The summed E-state index contributed by atoms with van der Waals surface area (Å²) >= 11 is 0. The molecule has 0 fully saturated rings. The van der Waals surface area contributed by atoms with Crippen molar-refractivity contribution in [3.8, 4) is 34.2 Å². The summed E-state index contributed by atoms with van der Waals surface area (Å²) in [6, 6.07) is 14.6. The van der Waals surface area contributed by atoms with Crippen LogP contribution in [-0.2, 0) is 0 Å². The number of H-pyrrole nitrogens is 1. The van der Waals surface area contributed by atoms with Crippen molar-refractivity contribution >= 4 is 0 Å². The lowest BCUT2D eigenvalue weighted by Crippen LogP contribution is -2.12. The maximum Gasteiger partial charge on any atom is 0.266 e. The van der Waals surface area contributed by atoms with Crippen molar-refractivity contribution < 1.29 is 4.74 Å². The van der Waals surface area contributed by atoms with Crippen LogP contribution in [0.4, 0.5) is 0 Å². The van der Waals surface area contributed by atoms with Crippen molar-refractivity contribution in [1.29, 1.82) is 5.26 Å². The molecular weight excluding hydrogens is 290 g/mol. The number of pyridine rings is 2. The second-order valence-electron chi connectivity index (χ2n) is 4.88. The number of nitriles is 1. The number of rotatable bonds is 3. The fourth-order valence-electron chi connectivity index (χ4n) is 2.36. The third-order valence-electron chi connectivity index (χ3n) is 3.54. The van der Waals surface area contributed by atoms with E-state index in [2.05, 4.69) is 9.97 Å².